The third-order valence-corrected chi connectivity index (χ3v) is 8.06. The first kappa shape index (κ1) is 25.5. The van der Waals surface area contributed by atoms with E-state index in [-0.39, 0.29) is 9.79 Å². The molecule has 2 aromatic rings. The van der Waals surface area contributed by atoms with Crippen molar-refractivity contribution in [1.82, 2.24) is 14.8 Å². The van der Waals surface area contributed by atoms with Gasteiger partial charge in [0.15, 0.2) is 0 Å². The standard InChI is InChI=1S/C22H27N3O7S2/c1-15-7-11-17(12-8-15)33(28,29)24-21(26)23-19-5-3-4-6-20(19)32-22(27)25-34(30,31)18-13-9-16(2)10-14-18/h7-14,19-20H,3-6H2,1-2H3,(H,25,27)(H2,23,24,26)/t19-,20+/m0/s1. The highest BCUT2D eigenvalue weighted by Crippen LogP contribution is 2.22. The van der Waals surface area contributed by atoms with E-state index in [1.54, 1.807) is 31.2 Å². The molecular weight excluding hydrogens is 482 g/mol. The molecule has 1 fully saturated rings. The normalized spacial score (nSPS) is 18.5. The van der Waals surface area contributed by atoms with Crippen molar-refractivity contribution in [3.63, 3.8) is 0 Å². The molecular formula is C22H27N3O7S2. The Labute approximate surface area is 199 Å². The summed E-state index contributed by atoms with van der Waals surface area (Å²) in [7, 11) is -8.22. The number of carbonyl (C=O) groups is 2. The first-order valence-electron chi connectivity index (χ1n) is 10.7. The minimum absolute atomic E-state index is 0.0645. The largest absolute Gasteiger partial charge is 0.443 e. The number of aryl methyl sites for hydroxylation is 2. The van der Waals surface area contributed by atoms with Gasteiger partial charge in [0, 0.05) is 0 Å². The highest BCUT2D eigenvalue weighted by Gasteiger charge is 2.32. The Kier molecular flexibility index (Phi) is 7.82. The van der Waals surface area contributed by atoms with E-state index in [1.807, 2.05) is 16.4 Å². The Bertz CT molecular complexity index is 1140. The van der Waals surface area contributed by atoms with Crippen molar-refractivity contribution in [2.75, 3.05) is 0 Å². The molecule has 1 saturated carbocycles. The number of hydrogen-bond acceptors (Lipinski definition) is 7. The van der Waals surface area contributed by atoms with Crippen LogP contribution >= 0.6 is 0 Å². The van der Waals surface area contributed by atoms with Gasteiger partial charge in [-0.3, -0.25) is 0 Å². The molecule has 10 nitrogen and oxygen atoms in total. The Morgan fingerprint density at radius 2 is 1.24 bits per heavy atom. The Morgan fingerprint density at radius 3 is 1.76 bits per heavy atom. The molecule has 0 radical (unpaired) electrons. The lowest BCUT2D eigenvalue weighted by atomic mass is 9.92. The molecule has 3 rings (SSSR count). The summed E-state index contributed by atoms with van der Waals surface area (Å²) in [4.78, 5) is 24.5. The first-order valence-corrected chi connectivity index (χ1v) is 13.6. The molecule has 1 aliphatic rings. The smallest absolute Gasteiger partial charge is 0.421 e. The summed E-state index contributed by atoms with van der Waals surface area (Å²) in [6.07, 6.45) is 0.235. The van der Waals surface area contributed by atoms with Crippen molar-refractivity contribution < 1.29 is 31.2 Å². The van der Waals surface area contributed by atoms with Crippen LogP contribution in [0.5, 0.6) is 0 Å². The van der Waals surface area contributed by atoms with E-state index in [0.717, 1.165) is 17.5 Å². The molecule has 0 heterocycles. The maximum Gasteiger partial charge on any atom is 0.421 e. The molecule has 0 unspecified atom stereocenters. The molecule has 0 bridgehead atoms. The third kappa shape index (κ3) is 6.70. The monoisotopic (exact) mass is 509 g/mol. The number of rotatable bonds is 6. The van der Waals surface area contributed by atoms with Gasteiger partial charge in [-0.1, -0.05) is 41.8 Å². The van der Waals surface area contributed by atoms with Crippen molar-refractivity contribution in [3.05, 3.63) is 59.7 Å². The second kappa shape index (κ2) is 10.4. The number of benzene rings is 2. The molecule has 0 aliphatic heterocycles. The van der Waals surface area contributed by atoms with Crippen molar-refractivity contribution >= 4 is 32.2 Å². The van der Waals surface area contributed by atoms with Gasteiger partial charge in [-0.05, 0) is 57.4 Å². The number of hydrogen-bond donors (Lipinski definition) is 3. The summed E-state index contributed by atoms with van der Waals surface area (Å²) in [6, 6.07) is 10.3. The van der Waals surface area contributed by atoms with Gasteiger partial charge in [-0.15, -0.1) is 0 Å². The van der Waals surface area contributed by atoms with E-state index in [4.69, 9.17) is 4.74 Å². The lowest BCUT2D eigenvalue weighted by Crippen LogP contribution is -2.52. The van der Waals surface area contributed by atoms with E-state index in [1.165, 1.54) is 24.3 Å². The lowest BCUT2D eigenvalue weighted by molar-refractivity contribution is 0.0588. The van der Waals surface area contributed by atoms with Crippen LogP contribution in [0.1, 0.15) is 36.8 Å². The number of carbonyl (C=O) groups excluding carboxylic acids is 2. The van der Waals surface area contributed by atoms with Crippen LogP contribution in [0, 0.1) is 13.8 Å². The summed E-state index contributed by atoms with van der Waals surface area (Å²) in [5.74, 6) is 0. The minimum Gasteiger partial charge on any atom is -0.443 e. The molecule has 34 heavy (non-hydrogen) atoms. The van der Waals surface area contributed by atoms with E-state index in [2.05, 4.69) is 5.32 Å². The van der Waals surface area contributed by atoms with Gasteiger partial charge < -0.3 is 10.1 Å². The van der Waals surface area contributed by atoms with Crippen LogP contribution in [-0.2, 0) is 24.8 Å². The molecule has 2 atom stereocenters. The summed E-state index contributed by atoms with van der Waals surface area (Å²) in [6.45, 7) is 3.61. The molecule has 3 N–H and O–H groups in total. The molecule has 12 heteroatoms. The second-order valence-corrected chi connectivity index (χ2v) is 11.5. The van der Waals surface area contributed by atoms with Crippen LogP contribution in [0.4, 0.5) is 9.59 Å². The molecule has 2 aromatic carbocycles. The van der Waals surface area contributed by atoms with E-state index >= 15 is 0 Å². The van der Waals surface area contributed by atoms with E-state index in [0.29, 0.717) is 19.3 Å². The molecule has 3 amide bonds. The van der Waals surface area contributed by atoms with Crippen molar-refractivity contribution in [3.8, 4) is 0 Å². The van der Waals surface area contributed by atoms with Gasteiger partial charge in [0.25, 0.3) is 20.0 Å². The van der Waals surface area contributed by atoms with Gasteiger partial charge in [0.2, 0.25) is 0 Å². The quantitative estimate of drug-likeness (QED) is 0.542. The molecule has 0 aromatic heterocycles. The maximum atomic E-state index is 12.4. The maximum absolute atomic E-state index is 12.4. The zero-order chi connectivity index (χ0) is 24.9. The van der Waals surface area contributed by atoms with Crippen LogP contribution in [0.3, 0.4) is 0 Å². The minimum atomic E-state index is -4.13. The van der Waals surface area contributed by atoms with Gasteiger partial charge >= 0.3 is 12.1 Å². The van der Waals surface area contributed by atoms with Crippen molar-refractivity contribution in [2.45, 2.75) is 61.5 Å². The topological polar surface area (TPSA) is 148 Å². The van der Waals surface area contributed by atoms with Crippen LogP contribution < -0.4 is 14.8 Å². The summed E-state index contributed by atoms with van der Waals surface area (Å²) < 4.78 is 58.8. The molecule has 1 aliphatic carbocycles. The fourth-order valence-corrected chi connectivity index (χ4v) is 5.34. The van der Waals surface area contributed by atoms with Gasteiger partial charge in [0.05, 0.1) is 15.8 Å². The Balaban J connectivity index is 1.61. The first-order chi connectivity index (χ1) is 16.0. The summed E-state index contributed by atoms with van der Waals surface area (Å²) in [5, 5.41) is 2.53. The van der Waals surface area contributed by atoms with Crippen LogP contribution in [0.2, 0.25) is 0 Å². The van der Waals surface area contributed by atoms with Gasteiger partial charge in [-0.25, -0.2) is 35.9 Å². The third-order valence-electron chi connectivity index (χ3n) is 5.38. The SMILES string of the molecule is Cc1ccc(S(=O)(=O)NC(=O)N[C@H]2CCCC[C@H]2OC(=O)NS(=O)(=O)c2ccc(C)cc2)cc1. The fraction of sp³-hybridized carbons (Fsp3) is 0.364. The Morgan fingerprint density at radius 1 is 0.765 bits per heavy atom. The van der Waals surface area contributed by atoms with E-state index in [9.17, 15) is 26.4 Å². The van der Waals surface area contributed by atoms with E-state index < -0.39 is 44.3 Å². The average molecular weight is 510 g/mol. The highest BCUT2D eigenvalue weighted by atomic mass is 32.2. The zero-order valence-corrected chi connectivity index (χ0v) is 20.4. The number of ether oxygens (including phenoxy) is 1. The molecule has 184 valence electrons. The second-order valence-electron chi connectivity index (χ2n) is 8.15. The van der Waals surface area contributed by atoms with Crippen molar-refractivity contribution in [1.29, 1.82) is 0 Å². The zero-order valence-electron chi connectivity index (χ0n) is 18.8. The van der Waals surface area contributed by atoms with Crippen LogP contribution in [0.15, 0.2) is 58.3 Å². The lowest BCUT2D eigenvalue weighted by Gasteiger charge is -2.31. The number of urea groups is 1. The fourth-order valence-electron chi connectivity index (χ4n) is 3.55. The molecule has 0 saturated heterocycles. The van der Waals surface area contributed by atoms with Crippen LogP contribution in [0.25, 0.3) is 0 Å². The predicted molar refractivity (Wildman–Crippen MR) is 124 cm³/mol. The Hall–Kier alpha value is -3.12. The summed E-state index contributed by atoms with van der Waals surface area (Å²) in [5.41, 5.74) is 1.73. The molecule has 0 spiro atoms. The predicted octanol–water partition coefficient (Wildman–Crippen LogP) is 2.72. The van der Waals surface area contributed by atoms with Gasteiger partial charge in [-0.2, -0.15) is 0 Å². The number of sulfonamides is 2. The van der Waals surface area contributed by atoms with Crippen LogP contribution in [-0.4, -0.2) is 41.1 Å². The number of nitrogens with one attached hydrogen (secondary N) is 3. The average Bonchev–Trinajstić information content (AvgIpc) is 2.75. The number of amides is 3. The highest BCUT2D eigenvalue weighted by molar-refractivity contribution is 7.90. The van der Waals surface area contributed by atoms with Gasteiger partial charge in [0.1, 0.15) is 6.10 Å². The summed E-state index contributed by atoms with van der Waals surface area (Å²) >= 11 is 0. The van der Waals surface area contributed by atoms with Crippen molar-refractivity contribution in [2.24, 2.45) is 0 Å².